The third-order valence-corrected chi connectivity index (χ3v) is 7.04. The number of quaternary nitrogens is 1. The van der Waals surface area contributed by atoms with Gasteiger partial charge in [0.1, 0.15) is 24.2 Å². The van der Waals surface area contributed by atoms with Crippen LogP contribution in [0.15, 0.2) is 72.5 Å². The van der Waals surface area contributed by atoms with Gasteiger partial charge in [0.15, 0.2) is 5.69 Å². The summed E-state index contributed by atoms with van der Waals surface area (Å²) in [6.07, 6.45) is 5.48. The van der Waals surface area contributed by atoms with E-state index in [1.165, 1.54) is 0 Å². The Morgan fingerprint density at radius 2 is 1.57 bits per heavy atom. The number of ether oxygens (including phenoxy) is 1. The molecule has 0 fully saturated rings. The van der Waals surface area contributed by atoms with Gasteiger partial charge in [0.05, 0.1) is 5.75 Å². The van der Waals surface area contributed by atoms with Crippen LogP contribution in [0.1, 0.15) is 12.5 Å². The van der Waals surface area contributed by atoms with Gasteiger partial charge in [-0.1, -0.05) is 18.2 Å². The highest BCUT2D eigenvalue weighted by atomic mass is 32.2. The molecule has 1 heterocycles. The molecule has 0 bridgehead atoms. The molecule has 7 heteroatoms. The number of nitrogens with two attached hydrogens (primary N) is 2. The molecule has 0 aromatic heterocycles. The Balaban J connectivity index is 1.92. The molecule has 0 aliphatic carbocycles. The molecule has 1 aliphatic rings. The van der Waals surface area contributed by atoms with Gasteiger partial charge in [0.2, 0.25) is 0 Å². The second-order valence-corrected chi connectivity index (χ2v) is 9.00. The molecule has 2 aromatic rings. The zero-order valence-corrected chi connectivity index (χ0v) is 16.7. The topological polar surface area (TPSA) is 95.4 Å². The van der Waals surface area contributed by atoms with Crippen molar-refractivity contribution in [2.45, 2.75) is 13.5 Å². The molecule has 1 unspecified atom stereocenters. The van der Waals surface area contributed by atoms with Gasteiger partial charge < -0.3 is 16.2 Å². The summed E-state index contributed by atoms with van der Waals surface area (Å²) >= 11 is 0. The zero-order valence-electron chi connectivity index (χ0n) is 15.9. The molecule has 6 nitrogen and oxygen atoms in total. The molecule has 0 radical (unpaired) electrons. The van der Waals surface area contributed by atoms with E-state index < -0.39 is 10.0 Å². The van der Waals surface area contributed by atoms with E-state index in [1.807, 2.05) is 36.4 Å². The van der Waals surface area contributed by atoms with Crippen LogP contribution in [0, 0.1) is 0 Å². The van der Waals surface area contributed by atoms with Gasteiger partial charge in [-0.3, -0.25) is 0 Å². The summed E-state index contributed by atoms with van der Waals surface area (Å²) in [7, 11) is -3.46. The molecule has 4 N–H and O–H groups in total. The molecular formula is C21H26N3O3S+. The van der Waals surface area contributed by atoms with E-state index in [0.717, 1.165) is 11.1 Å². The van der Waals surface area contributed by atoms with Crippen LogP contribution in [0.5, 0.6) is 11.5 Å². The van der Waals surface area contributed by atoms with Crippen LogP contribution in [-0.2, 0) is 16.6 Å². The maximum atomic E-state index is 13.0. The third-order valence-electron chi connectivity index (χ3n) is 4.85. The molecule has 148 valence electrons. The molecule has 0 saturated carbocycles. The number of nitrogens with zero attached hydrogens (tertiary/aromatic N) is 1. The number of benzene rings is 2. The number of sulfonamides is 1. The van der Waals surface area contributed by atoms with Crippen LogP contribution < -0.4 is 20.1 Å². The largest absolute Gasteiger partial charge is 0.457 e. The summed E-state index contributed by atoms with van der Waals surface area (Å²) in [6.45, 7) is 2.76. The van der Waals surface area contributed by atoms with Crippen molar-refractivity contribution in [1.82, 2.24) is 3.89 Å². The molecule has 1 atom stereocenters. The maximum Gasteiger partial charge on any atom is 0.306 e. The monoisotopic (exact) mass is 400 g/mol. The lowest BCUT2D eigenvalue weighted by molar-refractivity contribution is 0.480. The summed E-state index contributed by atoms with van der Waals surface area (Å²) in [5.74, 6) is 1.36. The summed E-state index contributed by atoms with van der Waals surface area (Å²) in [5.41, 5.74) is 13.9. The highest BCUT2D eigenvalue weighted by Gasteiger charge is 2.42. The van der Waals surface area contributed by atoms with Crippen molar-refractivity contribution in [1.29, 1.82) is 0 Å². The van der Waals surface area contributed by atoms with Gasteiger partial charge in [-0.25, -0.2) is 0 Å². The maximum absolute atomic E-state index is 13.0. The number of hydrogen-bond acceptors (Lipinski definition) is 5. The Morgan fingerprint density at radius 1 is 0.964 bits per heavy atom. The standard InChI is InChI=1S/C21H26N3O3S/c1-2-28(25,26)24(13-3-4-18(15-23)16-24)19-7-11-21(12-8-19)27-20-9-5-17(14-22)6-10-20/h3-12,16H,2,13-15,22-23H2,1H3/q+1. The van der Waals surface area contributed by atoms with Crippen molar-refractivity contribution in [3.05, 3.63) is 78.0 Å². The Labute approximate surface area is 166 Å². The minimum atomic E-state index is -3.46. The second kappa shape index (κ2) is 8.28. The quantitative estimate of drug-likeness (QED) is 0.697. The van der Waals surface area contributed by atoms with Crippen LogP contribution in [0.25, 0.3) is 0 Å². The van der Waals surface area contributed by atoms with E-state index in [0.29, 0.717) is 30.3 Å². The second-order valence-electron chi connectivity index (χ2n) is 6.60. The lowest BCUT2D eigenvalue weighted by atomic mass is 10.2. The minimum absolute atomic E-state index is 0.0287. The SMILES string of the molecule is CCS(=O)(=O)[N+]1(c2ccc(Oc3ccc(CN)cc3)cc2)C=C(CN)C=CC1. The number of rotatable bonds is 7. The minimum Gasteiger partial charge on any atom is -0.457 e. The van der Waals surface area contributed by atoms with Crippen LogP contribution >= 0.6 is 0 Å². The van der Waals surface area contributed by atoms with Gasteiger partial charge in [-0.05, 0) is 42.8 Å². The average Bonchev–Trinajstić information content (AvgIpc) is 2.74. The molecule has 28 heavy (non-hydrogen) atoms. The Bertz CT molecular complexity index is 981. The molecule has 0 amide bonds. The van der Waals surface area contributed by atoms with Gasteiger partial charge in [0.25, 0.3) is 0 Å². The fourth-order valence-electron chi connectivity index (χ4n) is 3.21. The average molecular weight is 401 g/mol. The van der Waals surface area contributed by atoms with Crippen molar-refractivity contribution >= 4 is 15.7 Å². The first-order valence-corrected chi connectivity index (χ1v) is 10.8. The Hall–Kier alpha value is -2.45. The van der Waals surface area contributed by atoms with E-state index in [4.69, 9.17) is 16.2 Å². The van der Waals surface area contributed by atoms with Crippen molar-refractivity contribution < 1.29 is 13.2 Å². The smallest absolute Gasteiger partial charge is 0.306 e. The summed E-state index contributed by atoms with van der Waals surface area (Å²) < 4.78 is 31.6. The fourth-order valence-corrected chi connectivity index (χ4v) is 4.72. The predicted molar refractivity (Wildman–Crippen MR) is 113 cm³/mol. The first-order chi connectivity index (χ1) is 13.4. The van der Waals surface area contributed by atoms with Crippen molar-refractivity contribution in [3.8, 4) is 11.5 Å². The molecule has 3 rings (SSSR count). The van der Waals surface area contributed by atoms with Gasteiger partial charge >= 0.3 is 10.0 Å². The fraction of sp³-hybridized carbons (Fsp3) is 0.238. The first-order valence-electron chi connectivity index (χ1n) is 9.20. The van der Waals surface area contributed by atoms with Crippen molar-refractivity contribution in [2.75, 3.05) is 18.8 Å². The molecule has 0 spiro atoms. The molecule has 1 aliphatic heterocycles. The third kappa shape index (κ3) is 3.88. The number of hydrogen-bond donors (Lipinski definition) is 2. The van der Waals surface area contributed by atoms with Gasteiger partial charge in [-0.2, -0.15) is 12.3 Å². The molecule has 0 saturated heterocycles. The Kier molecular flexibility index (Phi) is 6.00. The zero-order chi connectivity index (χ0) is 20.2. The normalized spacial score (nSPS) is 19.3. The van der Waals surface area contributed by atoms with E-state index >= 15 is 0 Å². The van der Waals surface area contributed by atoms with Gasteiger partial charge in [0, 0.05) is 30.8 Å². The van der Waals surface area contributed by atoms with Crippen LogP contribution in [0.3, 0.4) is 0 Å². The van der Waals surface area contributed by atoms with Crippen molar-refractivity contribution in [2.24, 2.45) is 11.5 Å². The van der Waals surface area contributed by atoms with Crippen molar-refractivity contribution in [3.63, 3.8) is 0 Å². The highest BCUT2D eigenvalue weighted by Crippen LogP contribution is 2.34. The van der Waals surface area contributed by atoms with Crippen LogP contribution in [-0.4, -0.2) is 27.3 Å². The summed E-state index contributed by atoms with van der Waals surface area (Å²) in [5, 5.41) is 0. The van der Waals surface area contributed by atoms with Crippen LogP contribution in [0.4, 0.5) is 5.69 Å². The van der Waals surface area contributed by atoms with Crippen LogP contribution in [0.2, 0.25) is 0 Å². The Morgan fingerprint density at radius 3 is 2.11 bits per heavy atom. The summed E-state index contributed by atoms with van der Waals surface area (Å²) in [6, 6.07) is 14.7. The van der Waals surface area contributed by atoms with E-state index in [2.05, 4.69) is 0 Å². The lowest BCUT2D eigenvalue weighted by Crippen LogP contribution is -2.51. The lowest BCUT2D eigenvalue weighted by Gasteiger charge is -2.34. The first kappa shape index (κ1) is 20.3. The molecule has 2 aromatic carbocycles. The van der Waals surface area contributed by atoms with E-state index in [1.54, 1.807) is 37.4 Å². The van der Waals surface area contributed by atoms with E-state index in [9.17, 15) is 8.42 Å². The summed E-state index contributed by atoms with van der Waals surface area (Å²) in [4.78, 5) is 0. The molecular weight excluding hydrogens is 374 g/mol. The predicted octanol–water partition coefficient (Wildman–Crippen LogP) is 3.01. The van der Waals surface area contributed by atoms with E-state index in [-0.39, 0.29) is 16.2 Å². The highest BCUT2D eigenvalue weighted by molar-refractivity contribution is 7.91. The van der Waals surface area contributed by atoms with Gasteiger partial charge in [-0.15, -0.1) is 0 Å².